The third-order valence-corrected chi connectivity index (χ3v) is 3.30. The summed E-state index contributed by atoms with van der Waals surface area (Å²) in [7, 11) is 0. The van der Waals surface area contributed by atoms with Crippen molar-refractivity contribution in [1.29, 1.82) is 0 Å². The van der Waals surface area contributed by atoms with Crippen LogP contribution >= 0.6 is 11.3 Å². The molecule has 3 aromatic heterocycles. The summed E-state index contributed by atoms with van der Waals surface area (Å²) >= 11 is 1.04. The summed E-state index contributed by atoms with van der Waals surface area (Å²) in [4.78, 5) is 14.2. The molecule has 0 N–H and O–H groups in total. The summed E-state index contributed by atoms with van der Waals surface area (Å²) in [5.41, 5.74) is 1.18. The number of aromatic nitrogens is 1. The van der Waals surface area contributed by atoms with Crippen molar-refractivity contribution < 1.29 is 13.9 Å². The molecule has 3 aromatic rings. The van der Waals surface area contributed by atoms with Crippen molar-refractivity contribution in [3.05, 3.63) is 51.6 Å². The number of hydrogen-bond donors (Lipinski definition) is 0. The molecule has 0 saturated carbocycles. The van der Waals surface area contributed by atoms with Gasteiger partial charge in [0.1, 0.15) is 0 Å². The lowest BCUT2D eigenvalue weighted by Crippen LogP contribution is -1.81. The molecule has 7 nitrogen and oxygen atoms in total. The molecule has 3 rings (SSSR count). The zero-order valence-electron chi connectivity index (χ0n) is 9.92. The maximum absolute atomic E-state index is 10.6. The van der Waals surface area contributed by atoms with E-state index in [0.717, 1.165) is 11.3 Å². The standard InChI is InChI=1S/C12H7N3O4S/c16-15(17)12-4-8(7-20-12)6-13-11-5-9(14-19-11)10-2-1-3-18-10/h1-7H/b13-6+. The van der Waals surface area contributed by atoms with Gasteiger partial charge in [-0.2, -0.15) is 0 Å². The zero-order valence-corrected chi connectivity index (χ0v) is 10.7. The number of hydrogen-bond acceptors (Lipinski definition) is 7. The van der Waals surface area contributed by atoms with E-state index in [1.54, 1.807) is 23.6 Å². The van der Waals surface area contributed by atoms with Crippen molar-refractivity contribution in [3.63, 3.8) is 0 Å². The van der Waals surface area contributed by atoms with Crippen molar-refractivity contribution in [3.8, 4) is 11.5 Å². The van der Waals surface area contributed by atoms with Crippen LogP contribution in [0.3, 0.4) is 0 Å². The maximum atomic E-state index is 10.6. The normalized spacial score (nSPS) is 11.2. The summed E-state index contributed by atoms with van der Waals surface area (Å²) in [5.74, 6) is 0.881. The lowest BCUT2D eigenvalue weighted by atomic mass is 10.3. The quantitative estimate of drug-likeness (QED) is 0.415. The molecule has 0 unspecified atom stereocenters. The van der Waals surface area contributed by atoms with Gasteiger partial charge >= 0.3 is 5.00 Å². The average Bonchev–Trinajstić information content (AvgIpc) is 3.17. The Hall–Kier alpha value is -2.74. The first-order valence-corrected chi connectivity index (χ1v) is 6.38. The van der Waals surface area contributed by atoms with Gasteiger partial charge < -0.3 is 8.94 Å². The second-order valence-corrected chi connectivity index (χ2v) is 4.65. The molecule has 0 atom stereocenters. The van der Waals surface area contributed by atoms with Crippen LogP contribution in [0.15, 0.2) is 49.8 Å². The van der Waals surface area contributed by atoms with Crippen molar-refractivity contribution >= 4 is 28.4 Å². The molecule has 0 aliphatic heterocycles. The number of furan rings is 1. The van der Waals surface area contributed by atoms with Gasteiger partial charge in [0, 0.05) is 29.3 Å². The fraction of sp³-hybridized carbons (Fsp3) is 0. The molecule has 0 aliphatic carbocycles. The summed E-state index contributed by atoms with van der Waals surface area (Å²) in [5, 5.41) is 16.1. The van der Waals surface area contributed by atoms with Gasteiger partial charge in [0.05, 0.1) is 11.2 Å². The van der Waals surface area contributed by atoms with E-state index in [9.17, 15) is 10.1 Å². The lowest BCUT2D eigenvalue weighted by Gasteiger charge is -1.83. The zero-order chi connectivity index (χ0) is 13.9. The van der Waals surface area contributed by atoms with Crippen molar-refractivity contribution in [1.82, 2.24) is 5.16 Å². The number of aliphatic imine (C=N–C) groups is 1. The second-order valence-electron chi connectivity index (χ2n) is 3.76. The topological polar surface area (TPSA) is 94.7 Å². The van der Waals surface area contributed by atoms with Crippen LogP contribution in [0.4, 0.5) is 10.9 Å². The first-order chi connectivity index (χ1) is 9.72. The molecule has 0 radical (unpaired) electrons. The molecule has 0 bridgehead atoms. The van der Waals surface area contributed by atoms with E-state index in [1.165, 1.54) is 18.5 Å². The van der Waals surface area contributed by atoms with Crippen molar-refractivity contribution in [2.75, 3.05) is 0 Å². The summed E-state index contributed by atoms with van der Waals surface area (Å²) in [6.07, 6.45) is 3.02. The number of nitrogens with zero attached hydrogens (tertiary/aromatic N) is 3. The van der Waals surface area contributed by atoms with Crippen LogP contribution in [0.2, 0.25) is 0 Å². The van der Waals surface area contributed by atoms with E-state index >= 15 is 0 Å². The van der Waals surface area contributed by atoms with Gasteiger partial charge in [-0.25, -0.2) is 4.99 Å². The minimum Gasteiger partial charge on any atom is -0.463 e. The van der Waals surface area contributed by atoms with Gasteiger partial charge in [-0.05, 0) is 12.1 Å². The second kappa shape index (κ2) is 5.10. The molecule has 8 heteroatoms. The van der Waals surface area contributed by atoms with E-state index in [0.29, 0.717) is 22.9 Å². The SMILES string of the molecule is O=[N+]([O-])c1cc(/C=N/c2cc(-c3ccco3)no2)cs1. The molecule has 0 aromatic carbocycles. The van der Waals surface area contributed by atoms with Crippen LogP contribution in [0.25, 0.3) is 11.5 Å². The predicted octanol–water partition coefficient (Wildman–Crippen LogP) is 3.65. The highest BCUT2D eigenvalue weighted by Crippen LogP contribution is 2.25. The average molecular weight is 289 g/mol. The van der Waals surface area contributed by atoms with Crippen molar-refractivity contribution in [2.45, 2.75) is 0 Å². The van der Waals surface area contributed by atoms with Crippen molar-refractivity contribution in [2.24, 2.45) is 4.99 Å². The Morgan fingerprint density at radius 2 is 2.35 bits per heavy atom. The van der Waals surface area contributed by atoms with E-state index < -0.39 is 4.92 Å². The Kier molecular flexibility index (Phi) is 3.13. The fourth-order valence-corrected chi connectivity index (χ4v) is 2.18. The van der Waals surface area contributed by atoms with Crippen LogP contribution in [-0.4, -0.2) is 16.3 Å². The molecule has 0 spiro atoms. The molecular formula is C12H7N3O4S. The van der Waals surface area contributed by atoms with Crippen LogP contribution in [0, 0.1) is 10.1 Å². The molecule has 0 amide bonds. The highest BCUT2D eigenvalue weighted by atomic mass is 32.1. The number of rotatable bonds is 4. The lowest BCUT2D eigenvalue weighted by molar-refractivity contribution is -0.380. The molecular weight excluding hydrogens is 282 g/mol. The van der Waals surface area contributed by atoms with Crippen LogP contribution in [0.1, 0.15) is 5.56 Å². The molecule has 3 heterocycles. The van der Waals surface area contributed by atoms with Crippen LogP contribution in [0.5, 0.6) is 0 Å². The van der Waals surface area contributed by atoms with Crippen LogP contribution in [-0.2, 0) is 0 Å². The molecule has 20 heavy (non-hydrogen) atoms. The van der Waals surface area contributed by atoms with Gasteiger partial charge in [-0.1, -0.05) is 16.5 Å². The van der Waals surface area contributed by atoms with Crippen LogP contribution < -0.4 is 0 Å². The summed E-state index contributed by atoms with van der Waals surface area (Å²) in [6, 6.07) is 6.57. The minimum atomic E-state index is -0.439. The first kappa shape index (κ1) is 12.3. The van der Waals surface area contributed by atoms with Gasteiger partial charge in [0.15, 0.2) is 11.5 Å². The monoisotopic (exact) mass is 289 g/mol. The Morgan fingerprint density at radius 3 is 3.05 bits per heavy atom. The molecule has 0 saturated heterocycles. The van der Waals surface area contributed by atoms with E-state index in [4.69, 9.17) is 8.94 Å². The van der Waals surface area contributed by atoms with E-state index in [-0.39, 0.29) is 5.00 Å². The van der Waals surface area contributed by atoms with E-state index in [1.807, 2.05) is 0 Å². The highest BCUT2D eigenvalue weighted by Gasteiger charge is 2.09. The number of thiophene rings is 1. The highest BCUT2D eigenvalue weighted by molar-refractivity contribution is 7.13. The smallest absolute Gasteiger partial charge is 0.324 e. The molecule has 0 fully saturated rings. The van der Waals surface area contributed by atoms with Gasteiger partial charge in [-0.15, -0.1) is 0 Å². The summed E-state index contributed by atoms with van der Waals surface area (Å²) < 4.78 is 10.2. The Balaban J connectivity index is 1.77. The summed E-state index contributed by atoms with van der Waals surface area (Å²) in [6.45, 7) is 0. The van der Waals surface area contributed by atoms with Gasteiger partial charge in [0.25, 0.3) is 5.88 Å². The predicted molar refractivity (Wildman–Crippen MR) is 72.4 cm³/mol. The number of nitro groups is 1. The largest absolute Gasteiger partial charge is 0.463 e. The Bertz CT molecular complexity index is 757. The minimum absolute atomic E-state index is 0.0697. The van der Waals surface area contributed by atoms with Gasteiger partial charge in [0.2, 0.25) is 0 Å². The van der Waals surface area contributed by atoms with E-state index in [2.05, 4.69) is 10.1 Å². The first-order valence-electron chi connectivity index (χ1n) is 5.50. The molecule has 0 aliphatic rings. The fourth-order valence-electron chi connectivity index (χ4n) is 1.51. The third kappa shape index (κ3) is 2.50. The molecule has 100 valence electrons. The third-order valence-electron chi connectivity index (χ3n) is 2.40. The Labute approximate surface area is 116 Å². The maximum Gasteiger partial charge on any atom is 0.324 e. The van der Waals surface area contributed by atoms with Gasteiger partial charge in [-0.3, -0.25) is 10.1 Å². The Morgan fingerprint density at radius 1 is 1.45 bits per heavy atom.